The Morgan fingerprint density at radius 2 is 2.06 bits per heavy atom. The minimum atomic E-state index is 0.483. The van der Waals surface area contributed by atoms with Gasteiger partial charge >= 0.3 is 0 Å². The predicted octanol–water partition coefficient (Wildman–Crippen LogP) is 5.30. The molecule has 1 unspecified atom stereocenters. The summed E-state index contributed by atoms with van der Waals surface area (Å²) < 4.78 is 2.32. The Hall–Kier alpha value is -0.610. The molecular weight excluding hydrogens is 308 g/mol. The molecule has 2 nitrogen and oxygen atoms in total. The molecule has 0 aliphatic carbocycles. The van der Waals surface area contributed by atoms with Gasteiger partial charge in [-0.1, -0.05) is 41.1 Å². The van der Waals surface area contributed by atoms with Gasteiger partial charge in [0.1, 0.15) is 0 Å². The predicted molar refractivity (Wildman–Crippen MR) is 84.5 cm³/mol. The molecule has 0 bridgehead atoms. The second-order valence-electron chi connectivity index (χ2n) is 5.15. The fraction of sp³-hybridized carbons (Fsp3) is 0.500. The van der Waals surface area contributed by atoms with E-state index in [1.165, 1.54) is 17.5 Å². The van der Waals surface area contributed by atoms with Crippen molar-refractivity contribution in [3.05, 3.63) is 22.7 Å². The van der Waals surface area contributed by atoms with E-state index in [0.717, 1.165) is 21.0 Å². The summed E-state index contributed by atoms with van der Waals surface area (Å²) in [5.41, 5.74) is 1.06. The number of thiazole rings is 1. The van der Waals surface area contributed by atoms with Crippen LogP contribution in [0.2, 0.25) is 0 Å². The summed E-state index contributed by atoms with van der Waals surface area (Å²) in [6.45, 7) is 6.76. The van der Waals surface area contributed by atoms with Gasteiger partial charge in [-0.2, -0.15) is 0 Å². The third kappa shape index (κ3) is 3.69. The Labute approximate surface area is 121 Å². The molecule has 1 aromatic heterocycles. The summed E-state index contributed by atoms with van der Waals surface area (Å²) in [4.78, 5) is 4.62. The Balaban J connectivity index is 2.03. The minimum absolute atomic E-state index is 0.483. The summed E-state index contributed by atoms with van der Waals surface area (Å²) in [6, 6.07) is 6.72. The molecule has 0 saturated heterocycles. The van der Waals surface area contributed by atoms with Gasteiger partial charge in [0.15, 0.2) is 5.13 Å². The average molecular weight is 327 g/mol. The van der Waals surface area contributed by atoms with Crippen LogP contribution >= 0.6 is 27.3 Å². The Morgan fingerprint density at radius 1 is 1.28 bits per heavy atom. The maximum absolute atomic E-state index is 4.62. The lowest BCUT2D eigenvalue weighted by Crippen LogP contribution is -2.15. The number of hydrogen-bond donors (Lipinski definition) is 1. The van der Waals surface area contributed by atoms with E-state index in [9.17, 15) is 0 Å². The standard InChI is InChI=1S/C14H19BrN2S/c1-9(2)4-5-10(3)16-14-17-12-8-11(15)6-7-13(12)18-14/h6-10H,4-5H2,1-3H3,(H,16,17). The van der Waals surface area contributed by atoms with Crippen molar-refractivity contribution in [1.29, 1.82) is 0 Å². The maximum atomic E-state index is 4.62. The molecular formula is C14H19BrN2S. The third-order valence-electron chi connectivity index (χ3n) is 2.90. The second kappa shape index (κ2) is 6.02. The van der Waals surface area contributed by atoms with Crippen LogP contribution in [0.3, 0.4) is 0 Å². The zero-order valence-corrected chi connectivity index (χ0v) is 13.4. The molecule has 0 aliphatic rings. The van der Waals surface area contributed by atoms with Crippen LogP contribution in [0.5, 0.6) is 0 Å². The average Bonchev–Trinajstić information content (AvgIpc) is 2.67. The number of fused-ring (bicyclic) bond motifs is 1. The first kappa shape index (κ1) is 13.8. The number of aromatic nitrogens is 1. The van der Waals surface area contributed by atoms with Crippen molar-refractivity contribution in [3.8, 4) is 0 Å². The van der Waals surface area contributed by atoms with E-state index in [-0.39, 0.29) is 0 Å². The van der Waals surface area contributed by atoms with Crippen LogP contribution in [0.15, 0.2) is 22.7 Å². The molecule has 2 aromatic rings. The fourth-order valence-electron chi connectivity index (χ4n) is 1.83. The Kier molecular flexibility index (Phi) is 4.62. The lowest BCUT2D eigenvalue weighted by atomic mass is 10.0. The van der Waals surface area contributed by atoms with Crippen molar-refractivity contribution in [1.82, 2.24) is 4.98 Å². The van der Waals surface area contributed by atoms with Crippen LogP contribution in [-0.2, 0) is 0 Å². The summed E-state index contributed by atoms with van der Waals surface area (Å²) >= 11 is 5.20. The topological polar surface area (TPSA) is 24.9 Å². The van der Waals surface area contributed by atoms with Crippen LogP contribution in [0.25, 0.3) is 10.2 Å². The van der Waals surface area contributed by atoms with Gasteiger partial charge in [0.2, 0.25) is 0 Å². The van der Waals surface area contributed by atoms with E-state index in [4.69, 9.17) is 0 Å². The Morgan fingerprint density at radius 3 is 2.78 bits per heavy atom. The quantitative estimate of drug-likeness (QED) is 0.806. The minimum Gasteiger partial charge on any atom is -0.359 e. The van der Waals surface area contributed by atoms with E-state index in [1.54, 1.807) is 11.3 Å². The normalized spacial score (nSPS) is 13.2. The molecule has 4 heteroatoms. The van der Waals surface area contributed by atoms with Crippen LogP contribution in [0.4, 0.5) is 5.13 Å². The monoisotopic (exact) mass is 326 g/mol. The van der Waals surface area contributed by atoms with Crippen molar-refractivity contribution < 1.29 is 0 Å². The highest BCUT2D eigenvalue weighted by molar-refractivity contribution is 9.10. The summed E-state index contributed by atoms with van der Waals surface area (Å²) in [5, 5.41) is 4.53. The second-order valence-corrected chi connectivity index (χ2v) is 7.09. The molecule has 18 heavy (non-hydrogen) atoms. The lowest BCUT2D eigenvalue weighted by molar-refractivity contribution is 0.527. The first-order valence-electron chi connectivity index (χ1n) is 6.37. The zero-order chi connectivity index (χ0) is 13.1. The molecule has 0 spiro atoms. The number of anilines is 1. The van der Waals surface area contributed by atoms with Gasteiger partial charge in [0.25, 0.3) is 0 Å². The van der Waals surface area contributed by atoms with Crippen molar-refractivity contribution in [2.24, 2.45) is 5.92 Å². The highest BCUT2D eigenvalue weighted by atomic mass is 79.9. The molecule has 0 saturated carbocycles. The first-order chi connectivity index (χ1) is 8.54. The van der Waals surface area contributed by atoms with Crippen LogP contribution < -0.4 is 5.32 Å². The van der Waals surface area contributed by atoms with Gasteiger partial charge in [-0.15, -0.1) is 0 Å². The molecule has 1 N–H and O–H groups in total. The van der Waals surface area contributed by atoms with E-state index >= 15 is 0 Å². The van der Waals surface area contributed by atoms with Gasteiger partial charge in [0.05, 0.1) is 10.2 Å². The molecule has 0 aliphatic heterocycles. The highest BCUT2D eigenvalue weighted by Gasteiger charge is 2.08. The lowest BCUT2D eigenvalue weighted by Gasteiger charge is -2.13. The number of halogens is 1. The summed E-state index contributed by atoms with van der Waals surface area (Å²) in [6.07, 6.45) is 2.45. The van der Waals surface area contributed by atoms with Gasteiger partial charge in [0, 0.05) is 10.5 Å². The number of nitrogens with zero attached hydrogens (tertiary/aromatic N) is 1. The number of rotatable bonds is 5. The number of benzene rings is 1. The fourth-order valence-corrected chi connectivity index (χ4v) is 3.14. The Bertz CT molecular complexity index is 521. The first-order valence-corrected chi connectivity index (χ1v) is 7.98. The molecule has 1 heterocycles. The smallest absolute Gasteiger partial charge is 0.183 e. The number of hydrogen-bond acceptors (Lipinski definition) is 3. The third-order valence-corrected chi connectivity index (χ3v) is 4.36. The number of nitrogens with one attached hydrogen (secondary N) is 1. The van der Waals surface area contributed by atoms with Crippen molar-refractivity contribution >= 4 is 42.6 Å². The van der Waals surface area contributed by atoms with Gasteiger partial charge < -0.3 is 5.32 Å². The summed E-state index contributed by atoms with van der Waals surface area (Å²) in [5.74, 6) is 0.764. The molecule has 98 valence electrons. The van der Waals surface area contributed by atoms with Crippen LogP contribution in [-0.4, -0.2) is 11.0 Å². The van der Waals surface area contributed by atoms with Gasteiger partial charge in [-0.05, 0) is 43.9 Å². The van der Waals surface area contributed by atoms with Crippen LogP contribution in [0.1, 0.15) is 33.6 Å². The molecule has 1 aromatic carbocycles. The molecule has 0 fully saturated rings. The van der Waals surface area contributed by atoms with E-state index in [2.05, 4.69) is 65.2 Å². The largest absolute Gasteiger partial charge is 0.359 e. The van der Waals surface area contributed by atoms with Crippen molar-refractivity contribution in [3.63, 3.8) is 0 Å². The summed E-state index contributed by atoms with van der Waals surface area (Å²) in [7, 11) is 0. The van der Waals surface area contributed by atoms with Gasteiger partial charge in [-0.25, -0.2) is 4.98 Å². The van der Waals surface area contributed by atoms with E-state index in [1.807, 2.05) is 0 Å². The van der Waals surface area contributed by atoms with E-state index < -0.39 is 0 Å². The molecule has 2 rings (SSSR count). The molecule has 0 amide bonds. The van der Waals surface area contributed by atoms with E-state index in [0.29, 0.717) is 6.04 Å². The van der Waals surface area contributed by atoms with Crippen LogP contribution in [0, 0.1) is 5.92 Å². The van der Waals surface area contributed by atoms with Gasteiger partial charge in [-0.3, -0.25) is 0 Å². The highest BCUT2D eigenvalue weighted by Crippen LogP contribution is 2.28. The maximum Gasteiger partial charge on any atom is 0.183 e. The molecule has 0 radical (unpaired) electrons. The SMILES string of the molecule is CC(C)CCC(C)Nc1nc2cc(Br)ccc2s1. The van der Waals surface area contributed by atoms with Crippen molar-refractivity contribution in [2.45, 2.75) is 39.7 Å². The molecule has 1 atom stereocenters. The zero-order valence-electron chi connectivity index (χ0n) is 11.0. The van der Waals surface area contributed by atoms with Crippen molar-refractivity contribution in [2.75, 3.05) is 5.32 Å².